The Bertz CT molecular complexity index is 1330. The van der Waals surface area contributed by atoms with Crippen molar-refractivity contribution < 1.29 is 31.5 Å². The van der Waals surface area contributed by atoms with Crippen molar-refractivity contribution >= 4 is 16.8 Å². The number of alkyl halides is 3. The molecule has 2 aromatic carbocycles. The Morgan fingerprint density at radius 1 is 1.26 bits per heavy atom. The van der Waals surface area contributed by atoms with Gasteiger partial charge in [-0.1, -0.05) is 12.1 Å². The van der Waals surface area contributed by atoms with E-state index in [1.54, 1.807) is 45.4 Å². The standard InChI is InChI=1S/C27H30F5N5O2/c1-16-11-19-18(6-7-23-20(19)14-34-35-23)26(37(16)15-27(30,31)32)25-21(28)12-17(13-22(25)29)39-10-9-33-8-4-5-24(38)36(2)3/h4-7,12-14,16,26,33H,8-11,15H2,1-3H3,(H,34,35)/b5-4+/t16-,26+/m1/s1. The van der Waals surface area contributed by atoms with Crippen molar-refractivity contribution in [1.82, 2.24) is 25.3 Å². The van der Waals surface area contributed by atoms with Gasteiger partial charge in [0.15, 0.2) is 0 Å². The van der Waals surface area contributed by atoms with E-state index >= 15 is 8.78 Å². The molecule has 2 heterocycles. The van der Waals surface area contributed by atoms with Crippen LogP contribution in [0.25, 0.3) is 10.9 Å². The lowest BCUT2D eigenvalue weighted by Crippen LogP contribution is -2.47. The van der Waals surface area contributed by atoms with Crippen LogP contribution in [0.1, 0.15) is 29.7 Å². The smallest absolute Gasteiger partial charge is 0.401 e. The molecule has 0 unspecified atom stereocenters. The highest BCUT2D eigenvalue weighted by molar-refractivity contribution is 5.87. The fourth-order valence-electron chi connectivity index (χ4n) is 4.84. The van der Waals surface area contributed by atoms with Crippen LogP contribution in [0.15, 0.2) is 42.6 Å². The van der Waals surface area contributed by atoms with E-state index in [0.29, 0.717) is 35.1 Å². The van der Waals surface area contributed by atoms with Crippen molar-refractivity contribution in [2.24, 2.45) is 0 Å². The Hall–Kier alpha value is -3.51. The summed E-state index contributed by atoms with van der Waals surface area (Å²) in [7, 11) is 3.27. The monoisotopic (exact) mass is 551 g/mol. The maximum Gasteiger partial charge on any atom is 0.401 e. The van der Waals surface area contributed by atoms with Crippen LogP contribution in [-0.4, -0.2) is 78.5 Å². The molecule has 210 valence electrons. The summed E-state index contributed by atoms with van der Waals surface area (Å²) in [6.07, 6.45) is 0.339. The summed E-state index contributed by atoms with van der Waals surface area (Å²) >= 11 is 0. The van der Waals surface area contributed by atoms with Gasteiger partial charge in [-0.2, -0.15) is 18.3 Å². The molecule has 39 heavy (non-hydrogen) atoms. The number of fused-ring (bicyclic) bond motifs is 3. The molecule has 2 atom stereocenters. The highest BCUT2D eigenvalue weighted by atomic mass is 19.4. The number of H-pyrrole nitrogens is 1. The number of carbonyl (C=O) groups excluding carboxylic acids is 1. The van der Waals surface area contributed by atoms with Crippen molar-refractivity contribution in [1.29, 1.82) is 0 Å². The van der Waals surface area contributed by atoms with Gasteiger partial charge in [0, 0.05) is 62.4 Å². The summed E-state index contributed by atoms with van der Waals surface area (Å²) in [6.45, 7) is 1.10. The predicted octanol–water partition coefficient (Wildman–Crippen LogP) is 4.35. The van der Waals surface area contributed by atoms with Crippen molar-refractivity contribution in [3.05, 3.63) is 70.9 Å². The van der Waals surface area contributed by atoms with Crippen LogP contribution in [0.2, 0.25) is 0 Å². The summed E-state index contributed by atoms with van der Waals surface area (Å²) in [5.41, 5.74) is 1.35. The zero-order valence-electron chi connectivity index (χ0n) is 21.8. The van der Waals surface area contributed by atoms with Crippen LogP contribution < -0.4 is 10.1 Å². The molecule has 0 fully saturated rings. The number of nitrogens with zero attached hydrogens (tertiary/aromatic N) is 3. The molecule has 0 spiro atoms. The van der Waals surface area contributed by atoms with Crippen LogP contribution in [0.3, 0.4) is 0 Å². The Labute approximate surface area is 222 Å². The van der Waals surface area contributed by atoms with Crippen molar-refractivity contribution in [2.45, 2.75) is 31.6 Å². The Morgan fingerprint density at radius 2 is 1.97 bits per heavy atom. The van der Waals surface area contributed by atoms with Crippen LogP contribution in [0.4, 0.5) is 22.0 Å². The lowest BCUT2D eigenvalue weighted by molar-refractivity contribution is -0.155. The number of likely N-dealkylation sites (N-methyl/N-ethyl adjacent to an activating group) is 1. The molecule has 2 N–H and O–H groups in total. The molecule has 1 aliphatic heterocycles. The average molecular weight is 552 g/mol. The SMILES string of the molecule is C[C@@H]1Cc2c(ccc3[nH]ncc23)[C@@H](c2c(F)cc(OCCNC/C=C/C(=O)N(C)C)cc2F)N1CC(F)(F)F. The second kappa shape index (κ2) is 11.7. The minimum Gasteiger partial charge on any atom is -0.492 e. The Kier molecular flexibility index (Phi) is 8.55. The first-order chi connectivity index (χ1) is 18.5. The Balaban J connectivity index is 1.56. The van der Waals surface area contributed by atoms with Gasteiger partial charge < -0.3 is 15.0 Å². The lowest BCUT2D eigenvalue weighted by Gasteiger charge is -2.42. The largest absolute Gasteiger partial charge is 0.492 e. The molecule has 0 aliphatic carbocycles. The molecule has 4 rings (SSSR count). The topological polar surface area (TPSA) is 73.5 Å². The number of rotatable bonds is 9. The van der Waals surface area contributed by atoms with Crippen molar-refractivity contribution in [3.63, 3.8) is 0 Å². The van der Waals surface area contributed by atoms with E-state index in [4.69, 9.17) is 4.74 Å². The molecule has 0 saturated carbocycles. The van der Waals surface area contributed by atoms with Gasteiger partial charge in [0.2, 0.25) is 5.91 Å². The minimum atomic E-state index is -4.57. The summed E-state index contributed by atoms with van der Waals surface area (Å²) in [6, 6.07) is 3.31. The first kappa shape index (κ1) is 28.5. The fourth-order valence-corrected chi connectivity index (χ4v) is 4.84. The van der Waals surface area contributed by atoms with E-state index in [0.717, 1.165) is 17.0 Å². The van der Waals surface area contributed by atoms with E-state index in [-0.39, 0.29) is 24.7 Å². The number of aromatic amines is 1. The van der Waals surface area contributed by atoms with E-state index in [2.05, 4.69) is 15.5 Å². The third kappa shape index (κ3) is 6.56. The van der Waals surface area contributed by atoms with E-state index < -0.39 is 42.0 Å². The second-order valence-corrected chi connectivity index (χ2v) is 9.70. The number of ether oxygens (including phenoxy) is 1. The predicted molar refractivity (Wildman–Crippen MR) is 136 cm³/mol. The van der Waals surface area contributed by atoms with Gasteiger partial charge in [0.05, 0.1) is 24.3 Å². The van der Waals surface area contributed by atoms with Crippen LogP contribution in [0, 0.1) is 11.6 Å². The number of nitrogens with one attached hydrogen (secondary N) is 2. The van der Waals surface area contributed by atoms with Gasteiger partial charge in [-0.3, -0.25) is 14.8 Å². The first-order valence-electron chi connectivity index (χ1n) is 12.4. The molecule has 7 nitrogen and oxygen atoms in total. The summed E-state index contributed by atoms with van der Waals surface area (Å²) in [5.74, 6) is -2.22. The number of aromatic nitrogens is 2. The maximum atomic E-state index is 15.5. The molecule has 3 aromatic rings. The van der Waals surface area contributed by atoms with Gasteiger partial charge in [0.1, 0.15) is 24.0 Å². The molecular weight excluding hydrogens is 521 g/mol. The summed E-state index contributed by atoms with van der Waals surface area (Å²) < 4.78 is 77.2. The van der Waals surface area contributed by atoms with E-state index in [1.165, 1.54) is 11.0 Å². The third-order valence-corrected chi connectivity index (χ3v) is 6.66. The average Bonchev–Trinajstić information content (AvgIpc) is 3.33. The molecule has 1 aromatic heterocycles. The highest BCUT2D eigenvalue weighted by Gasteiger charge is 2.43. The quantitative estimate of drug-likeness (QED) is 0.235. The van der Waals surface area contributed by atoms with Gasteiger partial charge >= 0.3 is 6.18 Å². The van der Waals surface area contributed by atoms with Gasteiger partial charge in [-0.05, 0) is 30.5 Å². The summed E-state index contributed by atoms with van der Waals surface area (Å²) in [4.78, 5) is 14.0. The maximum absolute atomic E-state index is 15.5. The Morgan fingerprint density at radius 3 is 2.64 bits per heavy atom. The highest BCUT2D eigenvalue weighted by Crippen LogP contribution is 2.43. The van der Waals surface area contributed by atoms with Crippen molar-refractivity contribution in [2.75, 3.05) is 40.3 Å². The molecule has 0 saturated heterocycles. The number of hydrogen-bond donors (Lipinski definition) is 2. The normalized spacial score (nSPS) is 18.1. The zero-order chi connectivity index (χ0) is 28.3. The van der Waals surface area contributed by atoms with Crippen LogP contribution >= 0.6 is 0 Å². The van der Waals surface area contributed by atoms with Gasteiger partial charge in [-0.25, -0.2) is 8.78 Å². The zero-order valence-corrected chi connectivity index (χ0v) is 21.8. The second-order valence-electron chi connectivity index (χ2n) is 9.70. The van der Waals surface area contributed by atoms with Gasteiger partial charge in [-0.15, -0.1) is 0 Å². The molecular formula is C27H30F5N5O2. The van der Waals surface area contributed by atoms with Crippen LogP contribution in [-0.2, 0) is 11.2 Å². The molecule has 0 radical (unpaired) electrons. The number of hydrogen-bond acceptors (Lipinski definition) is 5. The molecule has 0 bridgehead atoms. The number of amides is 1. The molecule has 12 heteroatoms. The van der Waals surface area contributed by atoms with Crippen molar-refractivity contribution in [3.8, 4) is 5.75 Å². The number of halogens is 5. The summed E-state index contributed by atoms with van der Waals surface area (Å²) in [5, 5.41) is 10.6. The van der Waals surface area contributed by atoms with E-state index in [9.17, 15) is 18.0 Å². The fraction of sp³-hybridized carbons (Fsp3) is 0.407. The number of carbonyl (C=O) groups is 1. The van der Waals surface area contributed by atoms with Gasteiger partial charge in [0.25, 0.3) is 0 Å². The molecule has 1 aliphatic rings. The van der Waals surface area contributed by atoms with E-state index in [1.807, 2.05) is 0 Å². The molecule has 1 amide bonds. The first-order valence-corrected chi connectivity index (χ1v) is 12.4. The van der Waals surface area contributed by atoms with Crippen LogP contribution in [0.5, 0.6) is 5.75 Å². The number of benzene rings is 2. The minimum absolute atomic E-state index is 0.0781. The lowest BCUT2D eigenvalue weighted by atomic mass is 9.83. The third-order valence-electron chi connectivity index (χ3n) is 6.66.